The van der Waals surface area contributed by atoms with Crippen LogP contribution < -0.4 is 11.1 Å². The molecule has 0 saturated heterocycles. The number of carbonyl (C=O) groups excluding carboxylic acids is 1. The van der Waals surface area contributed by atoms with Gasteiger partial charge in [-0.2, -0.15) is 0 Å². The molecule has 1 atom stereocenters. The van der Waals surface area contributed by atoms with Crippen molar-refractivity contribution in [3.63, 3.8) is 0 Å². The van der Waals surface area contributed by atoms with Gasteiger partial charge in [0.1, 0.15) is 11.2 Å². The number of aliphatic imine (C=N–C) groups is 1. The molecule has 3 rings (SSSR count). The van der Waals surface area contributed by atoms with Gasteiger partial charge in [0, 0.05) is 25.0 Å². The predicted octanol–water partition coefficient (Wildman–Crippen LogP) is 0.237. The Hall–Kier alpha value is -3.08. The highest BCUT2D eigenvalue weighted by Gasteiger charge is 2.40. The van der Waals surface area contributed by atoms with Crippen LogP contribution in [0.25, 0.3) is 0 Å². The van der Waals surface area contributed by atoms with Crippen molar-refractivity contribution in [1.29, 1.82) is 0 Å². The monoisotopic (exact) mass is 389 g/mol. The second-order valence-electron chi connectivity index (χ2n) is 6.43. The summed E-state index contributed by atoms with van der Waals surface area (Å²) in [5.74, 6) is -0.821. The third-order valence-electron chi connectivity index (χ3n) is 4.20. The van der Waals surface area contributed by atoms with Crippen LogP contribution in [-0.4, -0.2) is 52.3 Å². The summed E-state index contributed by atoms with van der Waals surface area (Å²) in [6.07, 6.45) is 5.81. The van der Waals surface area contributed by atoms with E-state index in [2.05, 4.69) is 25.3 Å². The van der Waals surface area contributed by atoms with Crippen molar-refractivity contribution >= 4 is 27.6 Å². The number of carbonyl (C=O) groups is 1. The quantitative estimate of drug-likeness (QED) is 0.765. The minimum absolute atomic E-state index is 0.104. The van der Waals surface area contributed by atoms with Crippen molar-refractivity contribution in [2.75, 3.05) is 18.1 Å². The van der Waals surface area contributed by atoms with E-state index in [9.17, 15) is 13.2 Å². The lowest BCUT2D eigenvalue weighted by molar-refractivity contribution is 0.102. The highest BCUT2D eigenvalue weighted by molar-refractivity contribution is 7.89. The molecule has 1 aliphatic heterocycles. The Morgan fingerprint density at radius 3 is 2.63 bits per heavy atom. The summed E-state index contributed by atoms with van der Waals surface area (Å²) in [6, 6.07) is 1.62. The molecule has 3 heterocycles. The van der Waals surface area contributed by atoms with Crippen molar-refractivity contribution < 1.29 is 13.2 Å². The zero-order chi connectivity index (χ0) is 19.8. The van der Waals surface area contributed by atoms with Crippen molar-refractivity contribution in [2.24, 2.45) is 10.7 Å². The third-order valence-corrected chi connectivity index (χ3v) is 6.14. The number of rotatable bonds is 3. The van der Waals surface area contributed by atoms with Crippen LogP contribution in [0.4, 0.5) is 5.69 Å². The van der Waals surface area contributed by atoms with E-state index < -0.39 is 21.5 Å². The van der Waals surface area contributed by atoms with E-state index in [4.69, 9.17) is 5.73 Å². The summed E-state index contributed by atoms with van der Waals surface area (Å²) in [4.78, 5) is 28.8. The first-order valence-electron chi connectivity index (χ1n) is 7.98. The standard InChI is InChI=1S/C16H19N7O3S/c1-10-5-20-13(8-19-10)14(24)21-12-4-11(6-18-7-12)16(2)9-27(25,26)23(3)15(17)22-16/h4-8H,9H2,1-3H3,(H2,17,22)(H,21,24)/t16-/m0/s1. The molecule has 0 spiro atoms. The number of hydrogen-bond donors (Lipinski definition) is 2. The van der Waals surface area contributed by atoms with Crippen LogP contribution in [0.1, 0.15) is 28.7 Å². The second-order valence-corrected chi connectivity index (χ2v) is 8.43. The summed E-state index contributed by atoms with van der Waals surface area (Å²) >= 11 is 0. The number of aromatic nitrogens is 3. The van der Waals surface area contributed by atoms with Gasteiger partial charge in [-0.1, -0.05) is 0 Å². The van der Waals surface area contributed by atoms with Crippen molar-refractivity contribution in [1.82, 2.24) is 19.3 Å². The largest absolute Gasteiger partial charge is 0.369 e. The van der Waals surface area contributed by atoms with Gasteiger partial charge in [-0.25, -0.2) is 22.7 Å². The number of aryl methyl sites for hydroxylation is 1. The lowest BCUT2D eigenvalue weighted by Gasteiger charge is -2.34. The van der Waals surface area contributed by atoms with E-state index in [0.717, 1.165) is 4.31 Å². The first kappa shape index (κ1) is 18.7. The maximum absolute atomic E-state index is 12.3. The number of hydrogen-bond acceptors (Lipinski definition) is 8. The maximum Gasteiger partial charge on any atom is 0.275 e. The molecule has 1 amide bonds. The van der Waals surface area contributed by atoms with Crippen molar-refractivity contribution in [3.8, 4) is 0 Å². The summed E-state index contributed by atoms with van der Waals surface area (Å²) < 4.78 is 25.6. The fourth-order valence-electron chi connectivity index (χ4n) is 2.61. The van der Waals surface area contributed by atoms with Gasteiger partial charge in [-0.15, -0.1) is 0 Å². The third kappa shape index (κ3) is 3.72. The average Bonchev–Trinajstić information content (AvgIpc) is 2.60. The molecule has 27 heavy (non-hydrogen) atoms. The Labute approximate surface area is 156 Å². The Morgan fingerprint density at radius 1 is 1.26 bits per heavy atom. The van der Waals surface area contributed by atoms with E-state index in [1.807, 2.05) is 0 Å². The number of guanidine groups is 1. The summed E-state index contributed by atoms with van der Waals surface area (Å²) in [7, 11) is -2.25. The van der Waals surface area contributed by atoms with Gasteiger partial charge >= 0.3 is 0 Å². The highest BCUT2D eigenvalue weighted by Crippen LogP contribution is 2.32. The molecule has 0 bridgehead atoms. The molecule has 2 aromatic rings. The summed E-state index contributed by atoms with van der Waals surface area (Å²) in [6.45, 7) is 3.42. The van der Waals surface area contributed by atoms with Crippen LogP contribution in [0, 0.1) is 6.92 Å². The van der Waals surface area contributed by atoms with Crippen LogP contribution in [-0.2, 0) is 15.6 Å². The van der Waals surface area contributed by atoms with Gasteiger partial charge in [0.05, 0.1) is 29.5 Å². The molecule has 2 aromatic heterocycles. The van der Waals surface area contributed by atoms with Crippen LogP contribution in [0.15, 0.2) is 35.8 Å². The van der Waals surface area contributed by atoms with Gasteiger partial charge in [-0.3, -0.25) is 14.8 Å². The average molecular weight is 389 g/mol. The molecular weight excluding hydrogens is 370 g/mol. The molecule has 3 N–H and O–H groups in total. The minimum Gasteiger partial charge on any atom is -0.369 e. The highest BCUT2D eigenvalue weighted by atomic mass is 32.2. The van der Waals surface area contributed by atoms with Crippen LogP contribution in [0.5, 0.6) is 0 Å². The summed E-state index contributed by atoms with van der Waals surface area (Å²) in [5, 5.41) is 2.67. The number of sulfonamides is 1. The van der Waals surface area contributed by atoms with Gasteiger partial charge in [0.15, 0.2) is 0 Å². The SMILES string of the molecule is Cc1cnc(C(=O)Nc2cncc([C@]3(C)CS(=O)(=O)N(C)C(N)=N3)c2)cn1. The normalized spacial score (nSPS) is 21.4. The summed E-state index contributed by atoms with van der Waals surface area (Å²) in [5.41, 5.74) is 6.39. The first-order valence-corrected chi connectivity index (χ1v) is 9.59. The Bertz CT molecular complexity index is 1020. The second kappa shape index (κ2) is 6.58. The fraction of sp³-hybridized carbons (Fsp3) is 0.312. The predicted molar refractivity (Wildman–Crippen MR) is 99.5 cm³/mol. The van der Waals surface area contributed by atoms with E-state index in [0.29, 0.717) is 16.9 Å². The number of pyridine rings is 1. The Kier molecular flexibility index (Phi) is 4.56. The molecule has 0 aliphatic carbocycles. The van der Waals surface area contributed by atoms with Crippen LogP contribution in [0.3, 0.4) is 0 Å². The maximum atomic E-state index is 12.3. The molecule has 0 aromatic carbocycles. The molecule has 0 fully saturated rings. The minimum atomic E-state index is -3.61. The lowest BCUT2D eigenvalue weighted by Crippen LogP contribution is -2.50. The van der Waals surface area contributed by atoms with Crippen molar-refractivity contribution in [2.45, 2.75) is 19.4 Å². The zero-order valence-electron chi connectivity index (χ0n) is 15.0. The Balaban J connectivity index is 1.89. The van der Waals surface area contributed by atoms with E-state index in [1.54, 1.807) is 19.9 Å². The number of anilines is 1. The molecule has 0 saturated carbocycles. The topological polar surface area (TPSA) is 144 Å². The molecule has 0 radical (unpaired) electrons. The van der Waals surface area contributed by atoms with Gasteiger partial charge in [0.2, 0.25) is 16.0 Å². The molecule has 0 unspecified atom stereocenters. The zero-order valence-corrected chi connectivity index (χ0v) is 15.9. The van der Waals surface area contributed by atoms with Gasteiger partial charge < -0.3 is 11.1 Å². The van der Waals surface area contributed by atoms with Gasteiger partial charge in [0.25, 0.3) is 5.91 Å². The smallest absolute Gasteiger partial charge is 0.275 e. The molecular formula is C16H19N7O3S. The lowest BCUT2D eigenvalue weighted by atomic mass is 9.96. The number of nitrogens with one attached hydrogen (secondary N) is 1. The number of amides is 1. The number of nitrogens with zero attached hydrogens (tertiary/aromatic N) is 5. The number of nitrogens with two attached hydrogens (primary N) is 1. The van der Waals surface area contributed by atoms with Gasteiger partial charge in [-0.05, 0) is 19.9 Å². The molecule has 10 nitrogen and oxygen atoms in total. The van der Waals surface area contributed by atoms with E-state index in [-0.39, 0.29) is 17.4 Å². The van der Waals surface area contributed by atoms with Crippen molar-refractivity contribution in [3.05, 3.63) is 47.8 Å². The van der Waals surface area contributed by atoms with E-state index >= 15 is 0 Å². The fourth-order valence-corrected chi connectivity index (χ4v) is 4.07. The molecule has 1 aliphatic rings. The molecule has 11 heteroatoms. The molecule has 142 valence electrons. The van der Waals surface area contributed by atoms with E-state index in [1.165, 1.54) is 31.8 Å². The Morgan fingerprint density at radius 2 is 2.00 bits per heavy atom. The first-order chi connectivity index (χ1) is 12.6. The van der Waals surface area contributed by atoms with Crippen LogP contribution in [0.2, 0.25) is 0 Å². The van der Waals surface area contributed by atoms with Crippen LogP contribution >= 0.6 is 0 Å².